The molecule has 0 aliphatic carbocycles. The van der Waals surface area contributed by atoms with Gasteiger partial charge >= 0.3 is 0 Å². The molecule has 0 saturated heterocycles. The number of ether oxygens (including phenoxy) is 1. The molecule has 2 heterocycles. The van der Waals surface area contributed by atoms with Gasteiger partial charge in [-0.1, -0.05) is 25.4 Å². The first-order valence-corrected chi connectivity index (χ1v) is 8.96. The van der Waals surface area contributed by atoms with Gasteiger partial charge in [0.2, 0.25) is 0 Å². The number of aromatic nitrogens is 3. The molecule has 3 aromatic rings. The van der Waals surface area contributed by atoms with Crippen molar-refractivity contribution in [2.75, 3.05) is 6.61 Å². The maximum Gasteiger partial charge on any atom is 0.278 e. The van der Waals surface area contributed by atoms with Crippen LogP contribution in [0.15, 0.2) is 16.9 Å². The normalized spacial score (nSPS) is 11.6. The summed E-state index contributed by atoms with van der Waals surface area (Å²) in [6.45, 7) is 7.48. The van der Waals surface area contributed by atoms with Gasteiger partial charge < -0.3 is 4.74 Å². The Bertz CT molecular complexity index is 1100. The molecule has 0 N–H and O–H groups in total. The molecule has 0 radical (unpaired) electrons. The highest BCUT2D eigenvalue weighted by atomic mass is 35.5. The van der Waals surface area contributed by atoms with E-state index < -0.39 is 17.4 Å². The minimum Gasteiger partial charge on any atom is -0.488 e. The van der Waals surface area contributed by atoms with E-state index in [9.17, 15) is 13.6 Å². The van der Waals surface area contributed by atoms with E-state index in [4.69, 9.17) is 16.3 Å². The molecular weight excluding hydrogens is 376 g/mol. The molecule has 3 rings (SSSR count). The Kier molecular flexibility index (Phi) is 4.99. The van der Waals surface area contributed by atoms with E-state index >= 15 is 0 Å². The van der Waals surface area contributed by atoms with Crippen molar-refractivity contribution in [2.24, 2.45) is 7.05 Å². The van der Waals surface area contributed by atoms with E-state index in [1.807, 2.05) is 26.8 Å². The van der Waals surface area contributed by atoms with E-state index in [0.29, 0.717) is 5.52 Å². The molecule has 0 fully saturated rings. The van der Waals surface area contributed by atoms with Gasteiger partial charge in [-0.05, 0) is 37.5 Å². The average molecular weight is 396 g/mol. The SMILES string of the molecule is CCOc1c(F)cc(-c2nn3c(C)cc(C(C)C)c3c(=O)n2C)c(Cl)c1F. The lowest BCUT2D eigenvalue weighted by molar-refractivity contribution is 0.303. The van der Waals surface area contributed by atoms with E-state index in [1.54, 1.807) is 6.92 Å². The Morgan fingerprint density at radius 2 is 1.96 bits per heavy atom. The van der Waals surface area contributed by atoms with Gasteiger partial charge in [-0.15, -0.1) is 5.10 Å². The van der Waals surface area contributed by atoms with Crippen LogP contribution in [0.25, 0.3) is 16.9 Å². The Balaban J connectivity index is 2.35. The number of rotatable bonds is 4. The monoisotopic (exact) mass is 395 g/mol. The van der Waals surface area contributed by atoms with Crippen LogP contribution in [0, 0.1) is 18.6 Å². The number of hydrogen-bond acceptors (Lipinski definition) is 3. The maximum absolute atomic E-state index is 14.5. The molecule has 0 bridgehead atoms. The number of benzene rings is 1. The summed E-state index contributed by atoms with van der Waals surface area (Å²) in [5.41, 5.74) is 1.72. The van der Waals surface area contributed by atoms with E-state index in [1.165, 1.54) is 16.1 Å². The second-order valence-corrected chi connectivity index (χ2v) is 7.02. The van der Waals surface area contributed by atoms with Gasteiger partial charge in [-0.3, -0.25) is 9.36 Å². The first-order valence-electron chi connectivity index (χ1n) is 8.58. The molecule has 1 aromatic carbocycles. The Labute approximate surface area is 160 Å². The molecule has 8 heteroatoms. The van der Waals surface area contributed by atoms with E-state index in [0.717, 1.165) is 17.3 Å². The predicted octanol–water partition coefficient (Wildman–Crippen LogP) is 4.46. The molecule has 27 heavy (non-hydrogen) atoms. The lowest BCUT2D eigenvalue weighted by Crippen LogP contribution is -2.24. The van der Waals surface area contributed by atoms with Crippen LogP contribution in [-0.2, 0) is 7.05 Å². The van der Waals surface area contributed by atoms with Crippen LogP contribution in [0.4, 0.5) is 8.78 Å². The van der Waals surface area contributed by atoms with Gasteiger partial charge in [-0.2, -0.15) is 0 Å². The van der Waals surface area contributed by atoms with Crippen LogP contribution < -0.4 is 10.3 Å². The van der Waals surface area contributed by atoms with Gasteiger partial charge in [0.1, 0.15) is 5.52 Å². The molecule has 2 aromatic heterocycles. The fourth-order valence-electron chi connectivity index (χ4n) is 3.11. The summed E-state index contributed by atoms with van der Waals surface area (Å²) in [4.78, 5) is 13.0. The first kappa shape index (κ1) is 19.4. The van der Waals surface area contributed by atoms with Crippen molar-refractivity contribution in [3.8, 4) is 17.1 Å². The number of nitrogens with zero attached hydrogens (tertiary/aromatic N) is 3. The Hall–Kier alpha value is -2.41. The molecule has 0 aliphatic heterocycles. The molecule has 0 unspecified atom stereocenters. The molecular formula is C19H20ClF2N3O2. The van der Waals surface area contributed by atoms with Crippen LogP contribution in [0.2, 0.25) is 5.02 Å². The Morgan fingerprint density at radius 1 is 1.30 bits per heavy atom. The van der Waals surface area contributed by atoms with Gasteiger partial charge in [0.05, 0.1) is 11.6 Å². The van der Waals surface area contributed by atoms with Gasteiger partial charge in [0.25, 0.3) is 5.56 Å². The van der Waals surface area contributed by atoms with Crippen molar-refractivity contribution in [3.05, 3.63) is 50.4 Å². The fourth-order valence-corrected chi connectivity index (χ4v) is 3.33. The molecule has 0 saturated carbocycles. The molecule has 0 spiro atoms. The zero-order valence-corrected chi connectivity index (χ0v) is 16.5. The average Bonchev–Trinajstić information content (AvgIpc) is 2.95. The summed E-state index contributed by atoms with van der Waals surface area (Å²) in [6.07, 6.45) is 0. The van der Waals surface area contributed by atoms with Crippen LogP contribution in [0.1, 0.15) is 37.9 Å². The topological polar surface area (TPSA) is 48.5 Å². The highest BCUT2D eigenvalue weighted by Crippen LogP contribution is 2.36. The molecule has 0 atom stereocenters. The van der Waals surface area contributed by atoms with Gasteiger partial charge in [0.15, 0.2) is 23.2 Å². The first-order chi connectivity index (χ1) is 12.7. The molecule has 144 valence electrons. The molecule has 5 nitrogen and oxygen atoms in total. The van der Waals surface area contributed by atoms with Crippen molar-refractivity contribution >= 4 is 17.1 Å². The third kappa shape index (κ3) is 3.00. The van der Waals surface area contributed by atoms with Crippen LogP contribution in [-0.4, -0.2) is 20.8 Å². The van der Waals surface area contributed by atoms with E-state index in [-0.39, 0.29) is 34.5 Å². The minimum atomic E-state index is -1.02. The third-order valence-corrected chi connectivity index (χ3v) is 4.84. The second-order valence-electron chi connectivity index (χ2n) is 6.64. The highest BCUT2D eigenvalue weighted by molar-refractivity contribution is 6.33. The summed E-state index contributed by atoms with van der Waals surface area (Å²) in [5, 5.41) is 4.10. The molecule has 0 aliphatic rings. The highest BCUT2D eigenvalue weighted by Gasteiger charge is 2.24. The minimum absolute atomic E-state index is 0.0178. The van der Waals surface area contributed by atoms with Gasteiger partial charge in [0, 0.05) is 18.3 Å². The number of hydrogen-bond donors (Lipinski definition) is 0. The standard InChI is InChI=1S/C19H20ClF2N3O2/c1-6-27-17-13(21)8-12(14(20)15(17)22)18-23-25-10(4)7-11(9(2)3)16(25)19(26)24(18)5/h7-9H,6H2,1-5H3. The van der Waals surface area contributed by atoms with Crippen molar-refractivity contribution in [2.45, 2.75) is 33.6 Å². The second kappa shape index (κ2) is 6.96. The quantitative estimate of drug-likeness (QED) is 0.613. The van der Waals surface area contributed by atoms with E-state index in [2.05, 4.69) is 5.10 Å². The number of fused-ring (bicyclic) bond motifs is 1. The van der Waals surface area contributed by atoms with Crippen LogP contribution >= 0.6 is 11.6 Å². The smallest absolute Gasteiger partial charge is 0.278 e. The van der Waals surface area contributed by atoms with Crippen molar-refractivity contribution < 1.29 is 13.5 Å². The number of aryl methyl sites for hydroxylation is 1. The third-order valence-electron chi connectivity index (χ3n) is 4.47. The number of halogens is 3. The predicted molar refractivity (Wildman–Crippen MR) is 101 cm³/mol. The summed E-state index contributed by atoms with van der Waals surface area (Å²) < 4.78 is 36.6. The fraction of sp³-hybridized carbons (Fsp3) is 0.368. The summed E-state index contributed by atoms with van der Waals surface area (Å²) >= 11 is 6.13. The lowest BCUT2D eigenvalue weighted by Gasteiger charge is -2.14. The van der Waals surface area contributed by atoms with Crippen LogP contribution in [0.5, 0.6) is 5.75 Å². The maximum atomic E-state index is 14.5. The van der Waals surface area contributed by atoms with Crippen molar-refractivity contribution in [1.29, 1.82) is 0 Å². The summed E-state index contributed by atoms with van der Waals surface area (Å²) in [7, 11) is 1.50. The van der Waals surface area contributed by atoms with Crippen molar-refractivity contribution in [3.63, 3.8) is 0 Å². The lowest BCUT2D eigenvalue weighted by atomic mass is 10.1. The Morgan fingerprint density at radius 3 is 2.56 bits per heavy atom. The summed E-state index contributed by atoms with van der Waals surface area (Å²) in [6, 6.07) is 2.92. The zero-order chi connectivity index (χ0) is 20.0. The van der Waals surface area contributed by atoms with Crippen molar-refractivity contribution in [1.82, 2.24) is 14.2 Å². The van der Waals surface area contributed by atoms with Crippen LogP contribution in [0.3, 0.4) is 0 Å². The zero-order valence-electron chi connectivity index (χ0n) is 15.7. The summed E-state index contributed by atoms with van der Waals surface area (Å²) in [5.74, 6) is -2.29. The van der Waals surface area contributed by atoms with Gasteiger partial charge in [-0.25, -0.2) is 13.3 Å². The molecule has 0 amide bonds. The largest absolute Gasteiger partial charge is 0.488 e.